The summed E-state index contributed by atoms with van der Waals surface area (Å²) in [5.74, 6) is -1.15. The van der Waals surface area contributed by atoms with Gasteiger partial charge in [0.15, 0.2) is 24.4 Å². The normalized spacial score (nSPS) is 11.7. The van der Waals surface area contributed by atoms with E-state index in [1.807, 2.05) is 33.4 Å². The number of carbonyl (C=O) groups excluding carboxylic acids is 6. The van der Waals surface area contributed by atoms with Crippen molar-refractivity contribution in [3.05, 3.63) is 207 Å². The van der Waals surface area contributed by atoms with Gasteiger partial charge in [-0.05, 0) is 123 Å². The van der Waals surface area contributed by atoms with Crippen LogP contribution in [-0.2, 0) is 112 Å². The molecular formula is C92H110N14O26S2. The summed E-state index contributed by atoms with van der Waals surface area (Å²) in [7, 11) is 0.105. The van der Waals surface area contributed by atoms with E-state index in [4.69, 9.17) is 47.4 Å². The molecule has 0 atom stereocenters. The maximum absolute atomic E-state index is 14.8. The molecule has 12 aromatic rings. The third-order valence-corrected chi connectivity index (χ3v) is 23.3. The lowest BCUT2D eigenvalue weighted by Crippen LogP contribution is -2.37. The molecule has 0 saturated heterocycles. The number of imidazole rings is 2. The number of para-hydroxylation sites is 2. The number of carbonyl (C=O) groups is 6. The van der Waals surface area contributed by atoms with Gasteiger partial charge in [0.05, 0.1) is 119 Å². The quantitative estimate of drug-likeness (QED) is 0.00763. The van der Waals surface area contributed by atoms with Crippen LogP contribution in [0.3, 0.4) is 0 Å². The molecule has 4 amide bonds. The number of rotatable bonds is 48. The van der Waals surface area contributed by atoms with Crippen molar-refractivity contribution < 1.29 is 111 Å². The van der Waals surface area contributed by atoms with Gasteiger partial charge in [0.2, 0.25) is 33.9 Å². The minimum Gasteiger partial charge on any atom is -0.748 e. The summed E-state index contributed by atoms with van der Waals surface area (Å²) in [6.45, 7) is 11.5. The number of hydrogen-bond donors (Lipinski definition) is 6. The zero-order valence-electron chi connectivity index (χ0n) is 76.2. The summed E-state index contributed by atoms with van der Waals surface area (Å²) in [5.41, 5.74) is 4.88. The van der Waals surface area contributed by atoms with Gasteiger partial charge < -0.3 is 87.7 Å². The van der Waals surface area contributed by atoms with Gasteiger partial charge in [0.25, 0.3) is 22.9 Å². The van der Waals surface area contributed by atoms with Crippen molar-refractivity contribution in [2.45, 2.75) is 92.2 Å². The zero-order valence-corrected chi connectivity index (χ0v) is 77.8. The van der Waals surface area contributed by atoms with Gasteiger partial charge in [0.1, 0.15) is 58.9 Å². The largest absolute Gasteiger partial charge is 0.748 e. The van der Waals surface area contributed by atoms with Crippen molar-refractivity contribution >= 4 is 122 Å². The molecule has 0 aliphatic carbocycles. The molecule has 716 valence electrons. The number of amides is 4. The van der Waals surface area contributed by atoms with E-state index in [0.717, 1.165) is 9.13 Å². The van der Waals surface area contributed by atoms with Gasteiger partial charge >= 0.3 is 23.3 Å². The third-order valence-electron chi connectivity index (χ3n) is 21.8. The van der Waals surface area contributed by atoms with Crippen LogP contribution in [0, 0.1) is 27.7 Å². The van der Waals surface area contributed by atoms with E-state index in [1.54, 1.807) is 127 Å². The molecule has 0 aliphatic rings. The smallest absolute Gasteiger partial charge is 0.345 e. The van der Waals surface area contributed by atoms with Crippen LogP contribution in [0.1, 0.15) is 114 Å². The molecule has 42 heteroatoms. The van der Waals surface area contributed by atoms with Gasteiger partial charge in [0, 0.05) is 154 Å². The maximum Gasteiger partial charge on any atom is 0.345 e. The highest BCUT2D eigenvalue weighted by atomic mass is 32.2. The summed E-state index contributed by atoms with van der Waals surface area (Å²) in [6, 6.07) is 31.3. The summed E-state index contributed by atoms with van der Waals surface area (Å²) in [4.78, 5) is 144. The van der Waals surface area contributed by atoms with Gasteiger partial charge in [-0.1, -0.05) is 24.3 Å². The van der Waals surface area contributed by atoms with Crippen molar-refractivity contribution in [1.82, 2.24) is 59.5 Å². The fourth-order valence-electron chi connectivity index (χ4n) is 15.3. The molecule has 0 radical (unpaired) electrons. The lowest BCUT2D eigenvalue weighted by atomic mass is 10.0. The average Bonchev–Trinajstić information content (AvgIpc) is 0.880. The fraction of sp³-hybridized carbons (Fsp3) is 0.413. The highest BCUT2D eigenvalue weighted by Crippen LogP contribution is 2.35. The number of aryl methyl sites for hydroxylation is 10. The second-order valence-electron chi connectivity index (χ2n) is 31.6. The molecule has 6 heterocycles. The van der Waals surface area contributed by atoms with E-state index in [2.05, 4.69) is 41.2 Å². The molecule has 12 rings (SSSR count). The predicted octanol–water partition coefficient (Wildman–Crippen LogP) is 4.51. The number of ether oxygens (including phenoxy) is 10. The number of aromatic amines is 2. The first kappa shape index (κ1) is 101. The standard InChI is InChI=1S/C51H65N7O16S.C41H45N7O10S/c1-33-29-35(48(60)53-16-19-69-18-15-52-43(59)10-7-9-42-54-45-47(55-42)56(3)51(63)57(4)49(45)61)30-34(2)46(33)74-50(62)44-38-31-36(72-26-24-70-22-20-67-5)11-13-40(38)58(17-8-28-75(64,65)66)41-14-12-37(32-39(41)44)73-27-25-71-23-21-68-6;1-25-23-27(38(50)43-18-21-57-20-17-42-33(49)16-9-15-32-44-35-37(45-32)46(3)41(53)47(4)39(35)51)24-26(2)36(25)58-40(52)34-28-11-5-7-13-30(28)48(19-10-22-59(54,55)56)31-14-8-6-12-29(31)34/h11-14,29-32H,7-10,15-28H2,1-6H3,(H3-,52,53,54,55,59,60,61,64,65,66);5-8,11-14,23-24H,9-10,15-22H2,1-4H3,(H3-,42,43,44,45,49,50,51,54,55,56). The number of fused-ring (bicyclic) bond motifs is 6. The summed E-state index contributed by atoms with van der Waals surface area (Å²) >= 11 is 0. The van der Waals surface area contributed by atoms with Crippen LogP contribution in [0.2, 0.25) is 0 Å². The molecule has 134 heavy (non-hydrogen) atoms. The Balaban J connectivity index is 0.000000265. The maximum atomic E-state index is 14.8. The molecule has 0 unspecified atom stereocenters. The van der Waals surface area contributed by atoms with Crippen molar-refractivity contribution in [3.8, 4) is 23.0 Å². The monoisotopic (exact) mass is 1890 g/mol. The van der Waals surface area contributed by atoms with Crippen molar-refractivity contribution in [1.29, 1.82) is 0 Å². The first-order valence-electron chi connectivity index (χ1n) is 43.4. The highest BCUT2D eigenvalue weighted by Gasteiger charge is 2.31. The van der Waals surface area contributed by atoms with Gasteiger partial charge in [-0.15, -0.1) is 0 Å². The first-order chi connectivity index (χ1) is 64.1. The van der Waals surface area contributed by atoms with E-state index in [0.29, 0.717) is 164 Å². The Kier molecular flexibility index (Phi) is 36.0. The second kappa shape index (κ2) is 47.5. The number of nitrogens with zero attached hydrogens (tertiary/aromatic N) is 8. The minimum absolute atomic E-state index is 0.00240. The van der Waals surface area contributed by atoms with E-state index in [1.165, 1.54) is 37.3 Å². The number of pyridine rings is 2. The lowest BCUT2D eigenvalue weighted by molar-refractivity contribution is -0.645. The van der Waals surface area contributed by atoms with Gasteiger partial charge in [-0.2, -0.15) is 9.13 Å². The lowest BCUT2D eigenvalue weighted by Gasteiger charge is -2.17. The summed E-state index contributed by atoms with van der Waals surface area (Å²) in [6.07, 6.45) is 2.27. The van der Waals surface area contributed by atoms with Crippen LogP contribution < -0.4 is 71.8 Å². The van der Waals surface area contributed by atoms with Crippen molar-refractivity contribution in [2.75, 3.05) is 131 Å². The van der Waals surface area contributed by atoms with Crippen LogP contribution in [0.5, 0.6) is 23.0 Å². The number of aromatic nitrogens is 10. The molecule has 0 saturated carbocycles. The van der Waals surface area contributed by atoms with Gasteiger partial charge in [-0.3, -0.25) is 47.0 Å². The summed E-state index contributed by atoms with van der Waals surface area (Å²) in [5, 5.41) is 13.2. The zero-order chi connectivity index (χ0) is 96.5. The Hall–Kier alpha value is -13.0. The SMILES string of the molecule is COCCOCCOc1ccc2c(c1)c(C(=O)Oc1c(C)cc(C(=O)NCCOCCNC(=O)CCCc3nc4c([nH]3)c(=O)n(C)c(=O)n4C)cc1C)c1cc(OCCOCCOC)ccc1[n+]2CCCS(=O)(=O)[O-].Cc1cc(C(=O)NCCOCCNC(=O)CCCc2nc3c([nH]2)c(=O)n(C)c(=O)n3C)cc(C)c1OC(=O)c1c2ccccc2[n+](CCCS(=O)(=O)[O-])c2ccccc12. The van der Waals surface area contributed by atoms with Crippen molar-refractivity contribution in [3.63, 3.8) is 0 Å². The number of hydrogen-bond acceptors (Lipinski definition) is 28. The second-order valence-corrected chi connectivity index (χ2v) is 34.6. The van der Waals surface area contributed by atoms with E-state index >= 15 is 0 Å². The highest BCUT2D eigenvalue weighted by molar-refractivity contribution is 7.85. The van der Waals surface area contributed by atoms with Crippen LogP contribution in [0.4, 0.5) is 0 Å². The van der Waals surface area contributed by atoms with E-state index in [-0.39, 0.29) is 175 Å². The molecule has 40 nitrogen and oxygen atoms in total. The molecule has 6 N–H and O–H groups in total. The van der Waals surface area contributed by atoms with E-state index < -0.39 is 66.2 Å². The number of methoxy groups -OCH3 is 2. The van der Waals surface area contributed by atoms with E-state index in [9.17, 15) is 73.9 Å². The molecular weight excluding hydrogens is 1780 g/mol. The summed E-state index contributed by atoms with van der Waals surface area (Å²) < 4.78 is 134. The molecule has 0 bridgehead atoms. The Morgan fingerprint density at radius 1 is 0.418 bits per heavy atom. The van der Waals surface area contributed by atoms with Crippen molar-refractivity contribution in [2.24, 2.45) is 28.2 Å². The number of nitrogens with one attached hydrogen (secondary N) is 6. The molecule has 6 aromatic carbocycles. The third kappa shape index (κ3) is 26.7. The predicted molar refractivity (Wildman–Crippen MR) is 491 cm³/mol. The minimum atomic E-state index is -4.52. The van der Waals surface area contributed by atoms with Crippen LogP contribution in [0.15, 0.2) is 128 Å². The Morgan fingerprint density at radius 3 is 1.13 bits per heavy atom. The molecule has 0 aliphatic heterocycles. The number of benzene rings is 6. The first-order valence-corrected chi connectivity index (χ1v) is 46.5. The van der Waals surface area contributed by atoms with Crippen LogP contribution in [-0.4, -0.2) is 231 Å². The number of H-pyrrole nitrogens is 2. The average molecular weight is 1890 g/mol. The molecule has 0 spiro atoms. The van der Waals surface area contributed by atoms with Gasteiger partial charge in [-0.25, -0.2) is 46.0 Å². The fourth-order valence-corrected chi connectivity index (χ4v) is 16.3. The molecule has 0 fully saturated rings. The molecule has 6 aromatic heterocycles. The number of esters is 2. The Morgan fingerprint density at radius 2 is 0.761 bits per heavy atom. The Bertz CT molecular complexity index is 6660. The topological polar surface area (TPSA) is 510 Å². The Labute approximate surface area is 770 Å². The van der Waals surface area contributed by atoms with Crippen LogP contribution >= 0.6 is 0 Å². The van der Waals surface area contributed by atoms with Crippen LogP contribution in [0.25, 0.3) is 65.9 Å².